The summed E-state index contributed by atoms with van der Waals surface area (Å²) < 4.78 is 27.3. The lowest BCUT2D eigenvalue weighted by Gasteiger charge is -2.23. The topological polar surface area (TPSA) is 66.5 Å². The Kier molecular flexibility index (Phi) is 5.80. The molecular weight excluding hydrogens is 372 g/mol. The van der Waals surface area contributed by atoms with E-state index in [1.807, 2.05) is 37.3 Å². The smallest absolute Gasteiger partial charge is 0.264 e. The molecule has 3 aromatic rings. The quantitative estimate of drug-likeness (QED) is 0.671. The zero-order chi connectivity index (χ0) is 20.1. The number of nitrogens with one attached hydrogen (secondary N) is 1. The van der Waals surface area contributed by atoms with Crippen LogP contribution in [0.5, 0.6) is 0 Å². The normalized spacial score (nSPS) is 11.1. The van der Waals surface area contributed by atoms with Crippen LogP contribution in [0.2, 0.25) is 0 Å². The molecule has 1 amide bonds. The highest BCUT2D eigenvalue weighted by Gasteiger charge is 2.23. The lowest BCUT2D eigenvalue weighted by Crippen LogP contribution is -2.30. The van der Waals surface area contributed by atoms with Gasteiger partial charge in [-0.1, -0.05) is 35.9 Å². The monoisotopic (exact) mass is 394 g/mol. The number of carbonyl (C=O) groups is 1. The zero-order valence-electron chi connectivity index (χ0n) is 15.8. The van der Waals surface area contributed by atoms with Crippen LogP contribution < -0.4 is 9.62 Å². The van der Waals surface area contributed by atoms with Crippen LogP contribution >= 0.6 is 0 Å². The Morgan fingerprint density at radius 3 is 2.07 bits per heavy atom. The largest absolute Gasteiger partial charge is 0.322 e. The number of nitrogens with zero attached hydrogens (tertiary/aromatic N) is 1. The fourth-order valence-electron chi connectivity index (χ4n) is 2.83. The molecule has 0 saturated carbocycles. The molecule has 0 bridgehead atoms. The highest BCUT2D eigenvalue weighted by Crippen LogP contribution is 2.23. The van der Waals surface area contributed by atoms with Gasteiger partial charge < -0.3 is 5.32 Å². The van der Waals surface area contributed by atoms with E-state index in [1.54, 1.807) is 31.2 Å². The van der Waals surface area contributed by atoms with E-state index in [2.05, 4.69) is 5.32 Å². The van der Waals surface area contributed by atoms with Crippen molar-refractivity contribution in [2.75, 3.05) is 16.2 Å². The van der Waals surface area contributed by atoms with Gasteiger partial charge in [0.2, 0.25) is 0 Å². The van der Waals surface area contributed by atoms with E-state index in [0.717, 1.165) is 5.56 Å². The molecule has 0 radical (unpaired) electrons. The van der Waals surface area contributed by atoms with E-state index >= 15 is 0 Å². The summed E-state index contributed by atoms with van der Waals surface area (Å²) in [6.45, 7) is 4.07. The van der Waals surface area contributed by atoms with Gasteiger partial charge in [-0.2, -0.15) is 0 Å². The van der Waals surface area contributed by atoms with Crippen LogP contribution in [0.15, 0.2) is 83.8 Å². The first kappa shape index (κ1) is 19.6. The summed E-state index contributed by atoms with van der Waals surface area (Å²) in [4.78, 5) is 12.5. The third kappa shape index (κ3) is 4.23. The van der Waals surface area contributed by atoms with Crippen molar-refractivity contribution in [1.82, 2.24) is 0 Å². The fourth-order valence-corrected chi connectivity index (χ4v) is 4.30. The van der Waals surface area contributed by atoms with Crippen LogP contribution in [0, 0.1) is 6.92 Å². The Hall–Kier alpha value is -3.12. The minimum absolute atomic E-state index is 0.144. The van der Waals surface area contributed by atoms with Gasteiger partial charge in [0, 0.05) is 17.8 Å². The first-order valence-corrected chi connectivity index (χ1v) is 10.4. The predicted molar refractivity (Wildman–Crippen MR) is 112 cm³/mol. The molecular formula is C22H22N2O3S. The lowest BCUT2D eigenvalue weighted by atomic mass is 10.2. The van der Waals surface area contributed by atoms with Gasteiger partial charge in [0.25, 0.3) is 15.9 Å². The van der Waals surface area contributed by atoms with Crippen molar-refractivity contribution in [1.29, 1.82) is 0 Å². The van der Waals surface area contributed by atoms with Crippen LogP contribution in [0.3, 0.4) is 0 Å². The van der Waals surface area contributed by atoms with Crippen LogP contribution in [-0.2, 0) is 10.0 Å². The predicted octanol–water partition coefficient (Wildman–Crippen LogP) is 4.46. The minimum atomic E-state index is -3.71. The maximum absolute atomic E-state index is 13.0. The number of sulfonamides is 1. The number of anilines is 2. The molecule has 0 spiro atoms. The summed E-state index contributed by atoms with van der Waals surface area (Å²) in [7, 11) is -3.71. The average Bonchev–Trinajstić information content (AvgIpc) is 2.71. The van der Waals surface area contributed by atoms with Gasteiger partial charge in [0.1, 0.15) is 0 Å². The van der Waals surface area contributed by atoms with Crippen LogP contribution in [0.25, 0.3) is 0 Å². The van der Waals surface area contributed by atoms with Crippen molar-refractivity contribution < 1.29 is 13.2 Å². The van der Waals surface area contributed by atoms with E-state index in [0.29, 0.717) is 23.5 Å². The number of benzene rings is 3. The molecule has 0 saturated heterocycles. The van der Waals surface area contributed by atoms with E-state index < -0.39 is 10.0 Å². The number of rotatable bonds is 6. The number of hydrogen-bond donors (Lipinski definition) is 1. The van der Waals surface area contributed by atoms with E-state index in [4.69, 9.17) is 0 Å². The average molecular weight is 394 g/mol. The van der Waals surface area contributed by atoms with Crippen molar-refractivity contribution in [2.24, 2.45) is 0 Å². The molecule has 5 nitrogen and oxygen atoms in total. The maximum atomic E-state index is 13.0. The number of aryl methyl sites for hydroxylation is 1. The summed E-state index contributed by atoms with van der Waals surface area (Å²) in [6.07, 6.45) is 0. The van der Waals surface area contributed by atoms with Gasteiger partial charge in [-0.3, -0.25) is 9.10 Å². The molecule has 1 N–H and O–H groups in total. The summed E-state index contributed by atoms with van der Waals surface area (Å²) in [5, 5.41) is 2.80. The van der Waals surface area contributed by atoms with Crippen molar-refractivity contribution in [3.8, 4) is 0 Å². The minimum Gasteiger partial charge on any atom is -0.322 e. The molecule has 28 heavy (non-hydrogen) atoms. The third-order valence-electron chi connectivity index (χ3n) is 4.35. The second-order valence-corrected chi connectivity index (χ2v) is 8.21. The number of para-hydroxylation sites is 1. The summed E-state index contributed by atoms with van der Waals surface area (Å²) in [6, 6.07) is 22.4. The highest BCUT2D eigenvalue weighted by molar-refractivity contribution is 7.92. The molecule has 0 unspecified atom stereocenters. The Bertz CT molecular complexity index is 1050. The third-order valence-corrected chi connectivity index (χ3v) is 6.26. The molecule has 6 heteroatoms. The van der Waals surface area contributed by atoms with E-state index in [1.165, 1.54) is 28.6 Å². The van der Waals surface area contributed by atoms with Crippen molar-refractivity contribution in [2.45, 2.75) is 18.7 Å². The number of carbonyl (C=O) groups excluding carboxylic acids is 1. The Labute approximate surface area is 165 Å². The maximum Gasteiger partial charge on any atom is 0.264 e. The molecule has 0 aromatic heterocycles. The van der Waals surface area contributed by atoms with Gasteiger partial charge in [-0.15, -0.1) is 0 Å². The Balaban J connectivity index is 1.81. The second kappa shape index (κ2) is 8.27. The lowest BCUT2D eigenvalue weighted by molar-refractivity contribution is 0.102. The van der Waals surface area contributed by atoms with Crippen LogP contribution in [0.1, 0.15) is 22.8 Å². The molecule has 0 fully saturated rings. The molecule has 0 aliphatic heterocycles. The van der Waals surface area contributed by atoms with Crippen LogP contribution in [0.4, 0.5) is 11.4 Å². The van der Waals surface area contributed by atoms with Crippen molar-refractivity contribution in [3.63, 3.8) is 0 Å². The Morgan fingerprint density at radius 2 is 1.50 bits per heavy atom. The van der Waals surface area contributed by atoms with E-state index in [-0.39, 0.29) is 10.8 Å². The SMILES string of the molecule is CCN(c1ccccc1)S(=O)(=O)c1ccc(C(=O)Nc2ccc(C)cc2)cc1. The van der Waals surface area contributed by atoms with Gasteiger partial charge in [0.05, 0.1) is 10.6 Å². The first-order chi connectivity index (χ1) is 13.4. The molecule has 3 rings (SSSR count). The Morgan fingerprint density at radius 1 is 0.893 bits per heavy atom. The fraction of sp³-hybridized carbons (Fsp3) is 0.136. The van der Waals surface area contributed by atoms with Gasteiger partial charge >= 0.3 is 0 Å². The van der Waals surface area contributed by atoms with Crippen molar-refractivity contribution >= 4 is 27.3 Å². The molecule has 0 aliphatic carbocycles. The summed E-state index contributed by atoms with van der Waals surface area (Å²) >= 11 is 0. The number of amides is 1. The first-order valence-electron chi connectivity index (χ1n) is 8.97. The molecule has 0 aliphatic rings. The van der Waals surface area contributed by atoms with Crippen molar-refractivity contribution in [3.05, 3.63) is 90.0 Å². The van der Waals surface area contributed by atoms with Gasteiger partial charge in [-0.05, 0) is 62.4 Å². The zero-order valence-corrected chi connectivity index (χ0v) is 16.6. The highest BCUT2D eigenvalue weighted by atomic mass is 32.2. The molecule has 3 aromatic carbocycles. The van der Waals surface area contributed by atoms with E-state index in [9.17, 15) is 13.2 Å². The van der Waals surface area contributed by atoms with Gasteiger partial charge in [-0.25, -0.2) is 8.42 Å². The number of hydrogen-bond acceptors (Lipinski definition) is 3. The second-order valence-electron chi connectivity index (χ2n) is 6.35. The molecule has 0 atom stereocenters. The van der Waals surface area contributed by atoms with Crippen LogP contribution in [-0.4, -0.2) is 20.9 Å². The van der Waals surface area contributed by atoms with Gasteiger partial charge in [0.15, 0.2) is 0 Å². The standard InChI is InChI=1S/C22H22N2O3S/c1-3-24(20-7-5-4-6-8-20)28(26,27)21-15-11-18(12-16-21)22(25)23-19-13-9-17(2)10-14-19/h4-16H,3H2,1-2H3,(H,23,25). The summed E-state index contributed by atoms with van der Waals surface area (Å²) in [5.41, 5.74) is 2.79. The summed E-state index contributed by atoms with van der Waals surface area (Å²) in [5.74, 6) is -0.289. The molecule has 144 valence electrons. The molecule has 0 heterocycles.